The first-order valence-corrected chi connectivity index (χ1v) is 10.6. The maximum absolute atomic E-state index is 13.0. The zero-order valence-electron chi connectivity index (χ0n) is 16.6. The molecule has 1 fully saturated rings. The molecular formula is C17H20N2O12P+. The summed E-state index contributed by atoms with van der Waals surface area (Å²) in [5, 5.41) is 28.9. The van der Waals surface area contributed by atoms with E-state index in [0.29, 0.717) is 0 Å². The molecule has 1 aromatic rings. The Morgan fingerprint density at radius 3 is 2.25 bits per heavy atom. The Balaban J connectivity index is 2.91. The summed E-state index contributed by atoms with van der Waals surface area (Å²) < 4.78 is 14.6. The third-order valence-corrected chi connectivity index (χ3v) is 5.56. The lowest BCUT2D eigenvalue weighted by Gasteiger charge is -2.40. The smallest absolute Gasteiger partial charge is 0.474 e. The minimum absolute atomic E-state index is 0.0595. The molecule has 1 aliphatic heterocycles. The number of carboxylic acids is 2. The number of aldehydes is 1. The first-order chi connectivity index (χ1) is 14.8. The van der Waals surface area contributed by atoms with E-state index in [9.17, 15) is 48.5 Å². The largest absolute Gasteiger partial charge is 0.505 e. The van der Waals surface area contributed by atoms with Crippen molar-refractivity contribution < 1.29 is 62.7 Å². The molecule has 1 aromatic heterocycles. The van der Waals surface area contributed by atoms with Gasteiger partial charge < -0.3 is 25.1 Å². The summed E-state index contributed by atoms with van der Waals surface area (Å²) in [4.78, 5) is 83.4. The number of phosphoric acid groups is 1. The molecule has 1 saturated heterocycles. The summed E-state index contributed by atoms with van der Waals surface area (Å²) in [5.74, 6) is -6.26. The Kier molecular flexibility index (Phi) is 7.27. The molecule has 2 rings (SSSR count). The third-order valence-electron chi connectivity index (χ3n) is 5.08. The fraction of sp³-hybridized carbons (Fsp3) is 0.412. The van der Waals surface area contributed by atoms with Crippen molar-refractivity contribution in [3.05, 3.63) is 23.0 Å². The summed E-state index contributed by atoms with van der Waals surface area (Å²) >= 11 is 0. The highest BCUT2D eigenvalue weighted by Crippen LogP contribution is 2.51. The van der Waals surface area contributed by atoms with Gasteiger partial charge in [-0.1, -0.05) is 0 Å². The van der Waals surface area contributed by atoms with Gasteiger partial charge in [0, 0.05) is 12.6 Å². The second kappa shape index (κ2) is 9.22. The Morgan fingerprint density at radius 1 is 1.25 bits per heavy atom. The number of pyridine rings is 1. The van der Waals surface area contributed by atoms with Crippen LogP contribution in [0.25, 0.3) is 0 Å². The monoisotopic (exact) mass is 475 g/mol. The van der Waals surface area contributed by atoms with Crippen molar-refractivity contribution in [2.75, 3.05) is 0 Å². The lowest BCUT2D eigenvalue weighted by molar-refractivity contribution is -0.847. The molecule has 32 heavy (non-hydrogen) atoms. The molecule has 0 aromatic carbocycles. The molecule has 0 spiro atoms. The van der Waals surface area contributed by atoms with Crippen LogP contribution in [0.1, 0.15) is 53.5 Å². The maximum Gasteiger partial charge on any atom is 0.474 e. The van der Waals surface area contributed by atoms with E-state index in [4.69, 9.17) is 9.63 Å². The molecule has 2 atom stereocenters. The molecule has 5 N–H and O–H groups in total. The lowest BCUT2D eigenvalue weighted by Crippen LogP contribution is -2.64. The average Bonchev–Trinajstić information content (AvgIpc) is 2.96. The number of imide groups is 1. The number of hydrogen-bond donors (Lipinski definition) is 5. The number of aryl methyl sites for hydroxylation is 1. The van der Waals surface area contributed by atoms with Gasteiger partial charge in [0.2, 0.25) is 12.3 Å². The number of rotatable bonds is 10. The van der Waals surface area contributed by atoms with Crippen LogP contribution in [0.3, 0.4) is 0 Å². The molecule has 2 heterocycles. The number of carbonyl (C=O) groups is 5. The van der Waals surface area contributed by atoms with Crippen molar-refractivity contribution in [1.82, 2.24) is 4.98 Å². The quantitative estimate of drug-likeness (QED) is 0.130. The van der Waals surface area contributed by atoms with Gasteiger partial charge in [0.05, 0.1) is 36.1 Å². The van der Waals surface area contributed by atoms with Crippen LogP contribution in [0.2, 0.25) is 0 Å². The van der Waals surface area contributed by atoms with Crippen LogP contribution in [0.15, 0.2) is 6.20 Å². The minimum atomic E-state index is -5.56. The molecule has 0 bridgehead atoms. The summed E-state index contributed by atoms with van der Waals surface area (Å²) in [6.45, 7) is 1.29. The van der Waals surface area contributed by atoms with Crippen LogP contribution < -0.4 is 0 Å². The molecule has 2 amide bonds. The van der Waals surface area contributed by atoms with Gasteiger partial charge in [-0.15, -0.1) is 0 Å². The molecule has 14 nitrogen and oxygen atoms in total. The Morgan fingerprint density at radius 2 is 1.81 bits per heavy atom. The molecule has 15 heteroatoms. The third kappa shape index (κ3) is 4.59. The summed E-state index contributed by atoms with van der Waals surface area (Å²) in [7, 11) is -5.56. The molecule has 0 radical (unpaired) electrons. The zero-order chi connectivity index (χ0) is 24.4. The van der Waals surface area contributed by atoms with Crippen LogP contribution in [0.5, 0.6) is 5.75 Å². The number of likely N-dealkylation sites (tertiary alicyclic amines) is 1. The summed E-state index contributed by atoms with van der Waals surface area (Å²) in [6, 6.07) is -2.13. The van der Waals surface area contributed by atoms with Gasteiger partial charge in [-0.05, 0) is 6.92 Å². The highest BCUT2D eigenvalue weighted by Gasteiger charge is 2.64. The van der Waals surface area contributed by atoms with Crippen LogP contribution in [0.4, 0.5) is 0 Å². The van der Waals surface area contributed by atoms with Crippen molar-refractivity contribution in [1.29, 1.82) is 0 Å². The van der Waals surface area contributed by atoms with Crippen LogP contribution in [0, 0.1) is 6.92 Å². The number of hydrogen-bond acceptors (Lipinski definition) is 9. The van der Waals surface area contributed by atoms with Gasteiger partial charge in [-0.2, -0.15) is 4.48 Å². The number of amides is 2. The topological polar surface area (TPSA) is 226 Å². The second-order valence-corrected chi connectivity index (χ2v) is 8.17. The second-order valence-electron chi connectivity index (χ2n) is 6.98. The van der Waals surface area contributed by atoms with E-state index in [0.717, 1.165) is 6.20 Å². The van der Waals surface area contributed by atoms with E-state index in [2.05, 4.69) is 4.98 Å². The first-order valence-electron chi connectivity index (χ1n) is 9.04. The Bertz CT molecular complexity index is 1020. The fourth-order valence-electron chi connectivity index (χ4n) is 3.69. The molecule has 0 aliphatic carbocycles. The van der Waals surface area contributed by atoms with Gasteiger partial charge >= 0.3 is 31.6 Å². The molecular weight excluding hydrogens is 455 g/mol. The number of carboxylic acid groups (broad SMARTS) is 2. The zero-order valence-corrected chi connectivity index (χ0v) is 17.5. The SMILES string of the molecule is Cc1ncc(C(OP(=O)(O)O)[N+]2([C@@H](CCC(=O)O)C(=O)O)C(=O)CCC2=O)c(C=O)c1O. The van der Waals surface area contributed by atoms with Crippen molar-refractivity contribution in [2.24, 2.45) is 0 Å². The summed E-state index contributed by atoms with van der Waals surface area (Å²) in [6.07, 6.45) is -4.19. The fourth-order valence-corrected chi connectivity index (χ4v) is 4.21. The number of aromatic hydroxyl groups is 1. The number of aromatic nitrogens is 1. The van der Waals surface area contributed by atoms with Crippen molar-refractivity contribution in [2.45, 2.75) is 44.9 Å². The van der Waals surface area contributed by atoms with Crippen molar-refractivity contribution >= 4 is 37.9 Å². The van der Waals surface area contributed by atoms with E-state index in [1.165, 1.54) is 6.92 Å². The van der Waals surface area contributed by atoms with Gasteiger partial charge in [0.25, 0.3) is 0 Å². The van der Waals surface area contributed by atoms with E-state index in [1.54, 1.807) is 0 Å². The predicted octanol–water partition coefficient (Wildman–Crippen LogP) is -0.00218. The van der Waals surface area contributed by atoms with E-state index in [-0.39, 0.29) is 12.0 Å². The maximum atomic E-state index is 13.0. The van der Waals surface area contributed by atoms with Gasteiger partial charge in [0.1, 0.15) is 5.75 Å². The van der Waals surface area contributed by atoms with Gasteiger partial charge in [-0.25, -0.2) is 23.5 Å². The number of phosphoric ester groups is 1. The average molecular weight is 475 g/mol. The van der Waals surface area contributed by atoms with E-state index in [1.807, 2.05) is 0 Å². The van der Waals surface area contributed by atoms with Crippen LogP contribution >= 0.6 is 7.82 Å². The number of quaternary nitrogens is 1. The van der Waals surface area contributed by atoms with Crippen molar-refractivity contribution in [3.8, 4) is 5.75 Å². The van der Waals surface area contributed by atoms with Crippen LogP contribution in [-0.4, -0.2) is 70.7 Å². The molecule has 0 saturated carbocycles. The lowest BCUT2D eigenvalue weighted by atomic mass is 10.0. The van der Waals surface area contributed by atoms with Gasteiger partial charge in [-0.3, -0.25) is 14.6 Å². The molecule has 1 unspecified atom stereocenters. The standard InChI is InChI=1S/C17H19N2O12P/c1-8-15(25)10(7-20)9(6-18-8)16(31-32(28,29)30)19(12(21)3-4-13(19)22)11(17(26)27)2-5-14(23)24/h6-7,11,16H,2-5H2,1H3,(H4-,20,23,24,25,26,27,28,29,30)/p+1/t11-,16?/m0/s1. The molecule has 174 valence electrons. The number of aliphatic carboxylic acids is 2. The Labute approximate surface area is 179 Å². The van der Waals surface area contributed by atoms with Gasteiger partial charge in [0.15, 0.2) is 6.29 Å². The highest BCUT2D eigenvalue weighted by molar-refractivity contribution is 7.46. The Hall–Kier alpha value is -3.03. The van der Waals surface area contributed by atoms with Crippen LogP contribution in [-0.2, 0) is 28.3 Å². The first kappa shape index (κ1) is 25.2. The highest BCUT2D eigenvalue weighted by atomic mass is 31.2. The number of carbonyl (C=O) groups excluding carboxylic acids is 3. The summed E-state index contributed by atoms with van der Waals surface area (Å²) in [5.41, 5.74) is -1.35. The number of nitrogens with zero attached hydrogens (tertiary/aromatic N) is 2. The van der Waals surface area contributed by atoms with Crippen molar-refractivity contribution in [3.63, 3.8) is 0 Å². The normalized spacial score (nSPS) is 17.7. The molecule has 1 aliphatic rings. The van der Waals surface area contributed by atoms with E-state index >= 15 is 0 Å². The predicted molar refractivity (Wildman–Crippen MR) is 99.7 cm³/mol. The van der Waals surface area contributed by atoms with E-state index < -0.39 is 90.9 Å². The minimum Gasteiger partial charge on any atom is -0.505 e.